The predicted octanol–water partition coefficient (Wildman–Crippen LogP) is 7.28. The quantitative estimate of drug-likeness (QED) is 0.212. The van der Waals surface area contributed by atoms with E-state index < -0.39 is 24.3 Å². The first-order chi connectivity index (χ1) is 18.8. The van der Waals surface area contributed by atoms with Gasteiger partial charge in [0.1, 0.15) is 5.82 Å². The molecule has 0 bridgehead atoms. The summed E-state index contributed by atoms with van der Waals surface area (Å²) in [6.07, 6.45) is 0. The maximum atomic E-state index is 14.0. The van der Waals surface area contributed by atoms with E-state index in [4.69, 9.17) is 14.7 Å². The molecule has 1 N–H and O–H groups in total. The number of esters is 1. The first kappa shape index (κ1) is 26.2. The molecule has 194 valence electrons. The third-order valence-electron chi connectivity index (χ3n) is 6.09. The molecule has 6 nitrogen and oxygen atoms in total. The van der Waals surface area contributed by atoms with Crippen molar-refractivity contribution in [1.82, 2.24) is 9.97 Å². The van der Waals surface area contributed by atoms with Gasteiger partial charge in [0, 0.05) is 15.6 Å². The van der Waals surface area contributed by atoms with Crippen LogP contribution in [0.5, 0.6) is 0 Å². The monoisotopic (exact) mass is 583 g/mol. The Hall–Kier alpha value is -4.43. The van der Waals surface area contributed by atoms with E-state index in [1.54, 1.807) is 24.3 Å². The highest BCUT2D eigenvalue weighted by Gasteiger charge is 2.17. The topological polar surface area (TPSA) is 81.2 Å². The lowest BCUT2D eigenvalue weighted by atomic mass is 10.0. The third kappa shape index (κ3) is 6.02. The van der Waals surface area contributed by atoms with Crippen LogP contribution in [0.1, 0.15) is 21.5 Å². The van der Waals surface area contributed by atoms with Crippen LogP contribution < -0.4 is 5.32 Å². The molecule has 1 aromatic heterocycles. The van der Waals surface area contributed by atoms with Gasteiger partial charge in [-0.15, -0.1) is 0 Å². The number of hydrogen-bond donors (Lipinski definition) is 1. The molecular formula is C31H23BrFN3O3. The molecule has 0 aliphatic heterocycles. The fourth-order valence-corrected chi connectivity index (χ4v) is 4.33. The molecule has 39 heavy (non-hydrogen) atoms. The predicted molar refractivity (Wildman–Crippen MR) is 153 cm³/mol. The van der Waals surface area contributed by atoms with Crippen LogP contribution in [0.2, 0.25) is 0 Å². The molecule has 5 aromatic rings. The Morgan fingerprint density at radius 2 is 1.38 bits per heavy atom. The van der Waals surface area contributed by atoms with Gasteiger partial charge in [0.05, 0.1) is 33.7 Å². The average molecular weight is 584 g/mol. The fraction of sp³-hybridized carbons (Fsp3) is 0.0968. The Balaban J connectivity index is 1.41. The summed E-state index contributed by atoms with van der Waals surface area (Å²) in [5, 5.41) is 2.39. The molecule has 0 radical (unpaired) electrons. The number of anilines is 1. The SMILES string of the molecule is Cc1ccc(-c2nc3ccc(C(=O)OCC(=O)Nc4ccc(Br)cc4F)cc3nc2-c2ccc(C)cc2)cc1. The van der Waals surface area contributed by atoms with Crippen LogP contribution in [0.15, 0.2) is 89.4 Å². The van der Waals surface area contributed by atoms with Crippen LogP contribution in [-0.2, 0) is 9.53 Å². The maximum Gasteiger partial charge on any atom is 0.338 e. The molecule has 0 saturated heterocycles. The number of nitrogens with zero attached hydrogens (tertiary/aromatic N) is 2. The number of carbonyl (C=O) groups is 2. The normalized spacial score (nSPS) is 10.9. The highest BCUT2D eigenvalue weighted by atomic mass is 79.9. The molecule has 1 amide bonds. The molecule has 0 saturated carbocycles. The zero-order chi connectivity index (χ0) is 27.5. The highest BCUT2D eigenvalue weighted by molar-refractivity contribution is 9.10. The summed E-state index contributed by atoms with van der Waals surface area (Å²) in [6.45, 7) is 3.48. The smallest absolute Gasteiger partial charge is 0.338 e. The molecular weight excluding hydrogens is 561 g/mol. The third-order valence-corrected chi connectivity index (χ3v) is 6.58. The lowest BCUT2D eigenvalue weighted by Gasteiger charge is -2.12. The van der Waals surface area contributed by atoms with Gasteiger partial charge < -0.3 is 10.1 Å². The number of amides is 1. The van der Waals surface area contributed by atoms with Crippen molar-refractivity contribution in [2.24, 2.45) is 0 Å². The first-order valence-electron chi connectivity index (χ1n) is 12.1. The van der Waals surface area contributed by atoms with Gasteiger partial charge in [0.2, 0.25) is 0 Å². The standard InChI is InChI=1S/C31H23BrFN3O3/c1-18-3-7-20(8-4-18)29-30(21-9-5-19(2)6-10-21)36-27-15-22(11-13-26(27)35-29)31(38)39-17-28(37)34-25-14-12-23(32)16-24(25)33/h3-16H,17H2,1-2H3,(H,34,37). The summed E-state index contributed by atoms with van der Waals surface area (Å²) in [7, 11) is 0. The Morgan fingerprint density at radius 3 is 1.97 bits per heavy atom. The van der Waals surface area contributed by atoms with Crippen molar-refractivity contribution in [2.75, 3.05) is 11.9 Å². The molecule has 5 rings (SSSR count). The van der Waals surface area contributed by atoms with E-state index in [2.05, 4.69) is 21.2 Å². The Bertz CT molecular complexity index is 1700. The Labute approximate surface area is 233 Å². The number of carbonyl (C=O) groups excluding carboxylic acids is 2. The summed E-state index contributed by atoms with van der Waals surface area (Å²) in [5.74, 6) is -1.97. The molecule has 0 atom stereocenters. The van der Waals surface area contributed by atoms with Crippen molar-refractivity contribution in [1.29, 1.82) is 0 Å². The van der Waals surface area contributed by atoms with Crippen molar-refractivity contribution in [3.05, 3.63) is 112 Å². The van der Waals surface area contributed by atoms with E-state index in [0.29, 0.717) is 21.2 Å². The summed E-state index contributed by atoms with van der Waals surface area (Å²) in [4.78, 5) is 34.7. The minimum atomic E-state index is -0.704. The summed E-state index contributed by atoms with van der Waals surface area (Å²) < 4.78 is 19.7. The van der Waals surface area contributed by atoms with Gasteiger partial charge >= 0.3 is 5.97 Å². The van der Waals surface area contributed by atoms with Gasteiger partial charge in [-0.2, -0.15) is 0 Å². The number of benzene rings is 4. The van der Waals surface area contributed by atoms with Crippen LogP contribution in [0.4, 0.5) is 10.1 Å². The molecule has 0 aliphatic rings. The molecule has 0 spiro atoms. The molecule has 8 heteroatoms. The second-order valence-electron chi connectivity index (χ2n) is 9.10. The lowest BCUT2D eigenvalue weighted by molar-refractivity contribution is -0.119. The lowest BCUT2D eigenvalue weighted by Crippen LogP contribution is -2.21. The summed E-state index contributed by atoms with van der Waals surface area (Å²) >= 11 is 3.16. The fourth-order valence-electron chi connectivity index (χ4n) is 4.00. The molecule has 1 heterocycles. The number of nitrogens with one attached hydrogen (secondary N) is 1. The maximum absolute atomic E-state index is 14.0. The number of hydrogen-bond acceptors (Lipinski definition) is 5. The number of rotatable bonds is 6. The second kappa shape index (κ2) is 11.1. The van der Waals surface area contributed by atoms with Crippen LogP contribution in [-0.4, -0.2) is 28.5 Å². The number of aryl methyl sites for hydroxylation is 2. The van der Waals surface area contributed by atoms with E-state index in [-0.39, 0.29) is 11.3 Å². The zero-order valence-electron chi connectivity index (χ0n) is 21.2. The second-order valence-corrected chi connectivity index (χ2v) is 10.0. The van der Waals surface area contributed by atoms with Crippen LogP contribution in [0.25, 0.3) is 33.5 Å². The van der Waals surface area contributed by atoms with E-state index in [1.807, 2.05) is 62.4 Å². The van der Waals surface area contributed by atoms with Gasteiger partial charge in [-0.1, -0.05) is 75.6 Å². The van der Waals surface area contributed by atoms with Crippen LogP contribution in [0.3, 0.4) is 0 Å². The minimum absolute atomic E-state index is 0.00626. The highest BCUT2D eigenvalue weighted by Crippen LogP contribution is 2.31. The minimum Gasteiger partial charge on any atom is -0.452 e. The Morgan fingerprint density at radius 1 is 0.795 bits per heavy atom. The largest absolute Gasteiger partial charge is 0.452 e. The Kier molecular flexibility index (Phi) is 7.47. The van der Waals surface area contributed by atoms with Gasteiger partial charge in [0.15, 0.2) is 6.61 Å². The number of fused-ring (bicyclic) bond motifs is 1. The van der Waals surface area contributed by atoms with E-state index >= 15 is 0 Å². The first-order valence-corrected chi connectivity index (χ1v) is 12.9. The van der Waals surface area contributed by atoms with Crippen molar-refractivity contribution in [3.63, 3.8) is 0 Å². The van der Waals surface area contributed by atoms with Crippen molar-refractivity contribution >= 4 is 44.5 Å². The van der Waals surface area contributed by atoms with E-state index in [0.717, 1.165) is 27.9 Å². The number of halogens is 2. The molecule has 0 unspecified atom stereocenters. The van der Waals surface area contributed by atoms with Gasteiger partial charge in [-0.05, 0) is 50.2 Å². The summed E-state index contributed by atoms with van der Waals surface area (Å²) in [5.41, 5.74) is 6.86. The molecule has 4 aromatic carbocycles. The van der Waals surface area contributed by atoms with E-state index in [9.17, 15) is 14.0 Å². The van der Waals surface area contributed by atoms with Crippen molar-refractivity contribution in [3.8, 4) is 22.5 Å². The van der Waals surface area contributed by atoms with Gasteiger partial charge in [-0.3, -0.25) is 4.79 Å². The summed E-state index contributed by atoms with van der Waals surface area (Å²) in [6, 6.07) is 25.2. The number of aromatic nitrogens is 2. The zero-order valence-corrected chi connectivity index (χ0v) is 22.8. The van der Waals surface area contributed by atoms with E-state index in [1.165, 1.54) is 12.1 Å². The van der Waals surface area contributed by atoms with Gasteiger partial charge in [0.25, 0.3) is 5.91 Å². The van der Waals surface area contributed by atoms with Gasteiger partial charge in [-0.25, -0.2) is 19.2 Å². The van der Waals surface area contributed by atoms with Crippen molar-refractivity contribution < 1.29 is 18.7 Å². The number of ether oxygens (including phenoxy) is 1. The van der Waals surface area contributed by atoms with Crippen molar-refractivity contribution in [2.45, 2.75) is 13.8 Å². The average Bonchev–Trinajstić information content (AvgIpc) is 2.93. The molecule has 0 aliphatic carbocycles. The van der Waals surface area contributed by atoms with Crippen LogP contribution >= 0.6 is 15.9 Å². The molecule has 0 fully saturated rings. The van der Waals surface area contributed by atoms with Crippen LogP contribution in [0, 0.1) is 19.7 Å².